The third kappa shape index (κ3) is 3.69. The molecule has 1 aliphatic rings. The summed E-state index contributed by atoms with van der Waals surface area (Å²) < 4.78 is 0. The number of pyridine rings is 1. The van der Waals surface area contributed by atoms with E-state index in [0.29, 0.717) is 0 Å². The zero-order valence-electron chi connectivity index (χ0n) is 11.9. The molecule has 1 aliphatic heterocycles. The van der Waals surface area contributed by atoms with Crippen LogP contribution < -0.4 is 10.2 Å². The zero-order valence-corrected chi connectivity index (χ0v) is 11.9. The van der Waals surface area contributed by atoms with Crippen molar-refractivity contribution in [3.05, 3.63) is 18.3 Å². The SMILES string of the molecule is CCCC(C)C(=O)Nc1ccc(N2CCCC2)nc1. The highest BCUT2D eigenvalue weighted by Gasteiger charge is 2.14. The first-order chi connectivity index (χ1) is 9.20. The molecule has 1 aromatic heterocycles. The first-order valence-electron chi connectivity index (χ1n) is 7.22. The summed E-state index contributed by atoms with van der Waals surface area (Å²) in [4.78, 5) is 18.6. The molecule has 1 fully saturated rings. The van der Waals surface area contributed by atoms with Crippen molar-refractivity contribution in [1.82, 2.24) is 4.98 Å². The maximum atomic E-state index is 11.9. The van der Waals surface area contributed by atoms with Crippen molar-refractivity contribution in [1.29, 1.82) is 0 Å². The molecule has 4 nitrogen and oxygen atoms in total. The second-order valence-corrected chi connectivity index (χ2v) is 5.28. The van der Waals surface area contributed by atoms with Crippen LogP contribution in [0.3, 0.4) is 0 Å². The zero-order chi connectivity index (χ0) is 13.7. The van der Waals surface area contributed by atoms with Gasteiger partial charge in [0.25, 0.3) is 0 Å². The van der Waals surface area contributed by atoms with E-state index < -0.39 is 0 Å². The van der Waals surface area contributed by atoms with Crippen LogP contribution in [0.25, 0.3) is 0 Å². The molecule has 1 atom stereocenters. The molecule has 1 unspecified atom stereocenters. The number of rotatable bonds is 5. The second-order valence-electron chi connectivity index (χ2n) is 5.28. The number of carbonyl (C=O) groups excluding carboxylic acids is 1. The largest absolute Gasteiger partial charge is 0.357 e. The van der Waals surface area contributed by atoms with Crippen molar-refractivity contribution in [2.75, 3.05) is 23.3 Å². The summed E-state index contributed by atoms with van der Waals surface area (Å²) in [5.74, 6) is 1.15. The van der Waals surface area contributed by atoms with Gasteiger partial charge in [-0.15, -0.1) is 0 Å². The van der Waals surface area contributed by atoms with Gasteiger partial charge in [-0.1, -0.05) is 20.3 Å². The summed E-state index contributed by atoms with van der Waals surface area (Å²) in [7, 11) is 0. The van der Waals surface area contributed by atoms with E-state index in [4.69, 9.17) is 0 Å². The fourth-order valence-corrected chi connectivity index (χ4v) is 2.42. The number of nitrogens with one attached hydrogen (secondary N) is 1. The van der Waals surface area contributed by atoms with Crippen molar-refractivity contribution in [2.24, 2.45) is 5.92 Å². The third-order valence-electron chi connectivity index (χ3n) is 3.61. The Morgan fingerprint density at radius 3 is 2.74 bits per heavy atom. The molecule has 1 N–H and O–H groups in total. The minimum absolute atomic E-state index is 0.0586. The predicted octanol–water partition coefficient (Wildman–Crippen LogP) is 3.06. The number of nitrogens with zero attached hydrogens (tertiary/aromatic N) is 2. The fourth-order valence-electron chi connectivity index (χ4n) is 2.42. The van der Waals surface area contributed by atoms with E-state index in [2.05, 4.69) is 22.1 Å². The van der Waals surface area contributed by atoms with Crippen molar-refractivity contribution in [3.63, 3.8) is 0 Å². The lowest BCUT2D eigenvalue weighted by Crippen LogP contribution is -2.21. The van der Waals surface area contributed by atoms with E-state index in [-0.39, 0.29) is 11.8 Å². The van der Waals surface area contributed by atoms with Crippen LogP contribution in [0.1, 0.15) is 39.5 Å². The summed E-state index contributed by atoms with van der Waals surface area (Å²) in [6.07, 6.45) is 6.19. The molecule has 4 heteroatoms. The highest BCUT2D eigenvalue weighted by atomic mass is 16.1. The second kappa shape index (κ2) is 6.55. The van der Waals surface area contributed by atoms with Crippen LogP contribution in [0, 0.1) is 5.92 Å². The van der Waals surface area contributed by atoms with Gasteiger partial charge in [0, 0.05) is 19.0 Å². The number of anilines is 2. The van der Waals surface area contributed by atoms with Crippen LogP contribution in [0.4, 0.5) is 11.5 Å². The van der Waals surface area contributed by atoms with Crippen molar-refractivity contribution in [2.45, 2.75) is 39.5 Å². The van der Waals surface area contributed by atoms with E-state index in [1.54, 1.807) is 6.20 Å². The Morgan fingerprint density at radius 2 is 2.16 bits per heavy atom. The summed E-state index contributed by atoms with van der Waals surface area (Å²) >= 11 is 0. The summed E-state index contributed by atoms with van der Waals surface area (Å²) in [6.45, 7) is 6.24. The molecule has 1 aromatic rings. The topological polar surface area (TPSA) is 45.2 Å². The lowest BCUT2D eigenvalue weighted by Gasteiger charge is -2.16. The Balaban J connectivity index is 1.92. The maximum absolute atomic E-state index is 11.9. The third-order valence-corrected chi connectivity index (χ3v) is 3.61. The van der Waals surface area contributed by atoms with E-state index in [9.17, 15) is 4.79 Å². The van der Waals surface area contributed by atoms with Gasteiger partial charge in [0.1, 0.15) is 5.82 Å². The van der Waals surface area contributed by atoms with Gasteiger partial charge in [0.05, 0.1) is 11.9 Å². The molecule has 19 heavy (non-hydrogen) atoms. The Morgan fingerprint density at radius 1 is 1.42 bits per heavy atom. The van der Waals surface area contributed by atoms with E-state index in [1.165, 1.54) is 12.8 Å². The highest BCUT2D eigenvalue weighted by molar-refractivity contribution is 5.92. The quantitative estimate of drug-likeness (QED) is 0.886. The van der Waals surface area contributed by atoms with Gasteiger partial charge in [-0.2, -0.15) is 0 Å². The van der Waals surface area contributed by atoms with Gasteiger partial charge in [-0.25, -0.2) is 4.98 Å². The standard InChI is InChI=1S/C15H23N3O/c1-3-6-12(2)15(19)17-13-7-8-14(16-11-13)18-9-4-5-10-18/h7-8,11-12H,3-6,9-10H2,1-2H3,(H,17,19). The highest BCUT2D eigenvalue weighted by Crippen LogP contribution is 2.19. The molecule has 0 saturated carbocycles. The molecule has 2 heterocycles. The van der Waals surface area contributed by atoms with E-state index in [1.807, 2.05) is 19.1 Å². The maximum Gasteiger partial charge on any atom is 0.227 e. The van der Waals surface area contributed by atoms with Crippen LogP contribution >= 0.6 is 0 Å². The lowest BCUT2D eigenvalue weighted by atomic mass is 10.1. The average molecular weight is 261 g/mol. The van der Waals surface area contributed by atoms with Gasteiger partial charge in [-0.05, 0) is 31.4 Å². The van der Waals surface area contributed by atoms with Crippen LogP contribution in [-0.4, -0.2) is 24.0 Å². The van der Waals surface area contributed by atoms with Crippen LogP contribution in [0.2, 0.25) is 0 Å². The molecule has 0 aliphatic carbocycles. The van der Waals surface area contributed by atoms with Crippen molar-refractivity contribution < 1.29 is 4.79 Å². The number of carbonyl (C=O) groups is 1. The minimum Gasteiger partial charge on any atom is -0.357 e. The lowest BCUT2D eigenvalue weighted by molar-refractivity contribution is -0.119. The summed E-state index contributed by atoms with van der Waals surface area (Å²) in [5, 5.41) is 2.92. The number of hydrogen-bond donors (Lipinski definition) is 1. The smallest absolute Gasteiger partial charge is 0.227 e. The number of aromatic nitrogens is 1. The molecule has 0 radical (unpaired) electrons. The predicted molar refractivity (Wildman–Crippen MR) is 78.4 cm³/mol. The monoisotopic (exact) mass is 261 g/mol. The van der Waals surface area contributed by atoms with Gasteiger partial charge in [-0.3, -0.25) is 4.79 Å². The molecule has 104 valence electrons. The molecule has 2 rings (SSSR count). The molecule has 1 amide bonds. The molecule has 0 spiro atoms. The molecule has 1 saturated heterocycles. The van der Waals surface area contributed by atoms with Gasteiger partial charge in [0.2, 0.25) is 5.91 Å². The summed E-state index contributed by atoms with van der Waals surface area (Å²) in [6, 6.07) is 3.93. The molecular formula is C15H23N3O. The van der Waals surface area contributed by atoms with Gasteiger partial charge >= 0.3 is 0 Å². The molecular weight excluding hydrogens is 238 g/mol. The molecule has 0 aromatic carbocycles. The minimum atomic E-state index is 0.0586. The number of amides is 1. The Kier molecular flexibility index (Phi) is 4.77. The first kappa shape index (κ1) is 13.8. The fraction of sp³-hybridized carbons (Fsp3) is 0.600. The average Bonchev–Trinajstić information content (AvgIpc) is 2.94. The van der Waals surface area contributed by atoms with Crippen LogP contribution in [-0.2, 0) is 4.79 Å². The Bertz CT molecular complexity index is 410. The van der Waals surface area contributed by atoms with Crippen LogP contribution in [0.5, 0.6) is 0 Å². The Hall–Kier alpha value is -1.58. The van der Waals surface area contributed by atoms with E-state index in [0.717, 1.165) is 37.4 Å². The Labute approximate surface area is 115 Å². The normalized spacial score (nSPS) is 16.4. The van der Waals surface area contributed by atoms with Crippen LogP contribution in [0.15, 0.2) is 18.3 Å². The first-order valence-corrected chi connectivity index (χ1v) is 7.22. The number of hydrogen-bond acceptors (Lipinski definition) is 3. The van der Waals surface area contributed by atoms with Gasteiger partial charge < -0.3 is 10.2 Å². The van der Waals surface area contributed by atoms with Crippen molar-refractivity contribution >= 4 is 17.4 Å². The molecule has 0 bridgehead atoms. The van der Waals surface area contributed by atoms with E-state index >= 15 is 0 Å². The summed E-state index contributed by atoms with van der Waals surface area (Å²) in [5.41, 5.74) is 0.788. The van der Waals surface area contributed by atoms with Gasteiger partial charge in [0.15, 0.2) is 0 Å². The van der Waals surface area contributed by atoms with Crippen molar-refractivity contribution in [3.8, 4) is 0 Å².